The van der Waals surface area contributed by atoms with Crippen molar-refractivity contribution >= 4 is 0 Å². The Balaban J connectivity index is 2.62. The summed E-state index contributed by atoms with van der Waals surface area (Å²) in [7, 11) is 0. The van der Waals surface area contributed by atoms with Gasteiger partial charge in [0.25, 0.3) is 0 Å². The van der Waals surface area contributed by atoms with Crippen molar-refractivity contribution in [3.63, 3.8) is 0 Å². The fourth-order valence-electron chi connectivity index (χ4n) is 2.81. The first-order chi connectivity index (χ1) is 9.42. The van der Waals surface area contributed by atoms with E-state index in [0.717, 1.165) is 43.6 Å². The Hall–Kier alpha value is -0.830. The molecule has 1 unspecified atom stereocenters. The molecule has 0 aliphatic heterocycles. The predicted molar refractivity (Wildman–Crippen MR) is 87.0 cm³/mol. The number of aryl methyl sites for hydroxylation is 2. The van der Waals surface area contributed by atoms with E-state index in [1.165, 1.54) is 12.1 Å². The van der Waals surface area contributed by atoms with Gasteiger partial charge in [0.2, 0.25) is 0 Å². The van der Waals surface area contributed by atoms with E-state index in [9.17, 15) is 0 Å². The molecule has 0 aliphatic carbocycles. The molecule has 3 nitrogen and oxygen atoms in total. The van der Waals surface area contributed by atoms with Gasteiger partial charge in [-0.05, 0) is 63.6 Å². The van der Waals surface area contributed by atoms with Crippen LogP contribution in [0.4, 0.5) is 0 Å². The lowest BCUT2D eigenvalue weighted by Gasteiger charge is -2.20. The van der Waals surface area contributed by atoms with Crippen LogP contribution in [0, 0.1) is 24.7 Å². The van der Waals surface area contributed by atoms with Crippen LogP contribution >= 0.6 is 0 Å². The van der Waals surface area contributed by atoms with Gasteiger partial charge in [-0.25, -0.2) is 0 Å². The third kappa shape index (κ3) is 6.08. The molecule has 0 bridgehead atoms. The van der Waals surface area contributed by atoms with E-state index in [2.05, 4.69) is 62.7 Å². The summed E-state index contributed by atoms with van der Waals surface area (Å²) in [5.41, 5.74) is 2.53. The quantitative estimate of drug-likeness (QED) is 0.747. The van der Waals surface area contributed by atoms with Crippen molar-refractivity contribution in [2.24, 2.45) is 17.8 Å². The number of nitrogens with one attached hydrogen (secondary N) is 1. The Morgan fingerprint density at radius 2 is 1.85 bits per heavy atom. The van der Waals surface area contributed by atoms with Crippen LogP contribution in [0.2, 0.25) is 0 Å². The summed E-state index contributed by atoms with van der Waals surface area (Å²) in [4.78, 5) is 0. The zero-order chi connectivity index (χ0) is 15.1. The van der Waals surface area contributed by atoms with Crippen molar-refractivity contribution in [2.75, 3.05) is 13.1 Å². The summed E-state index contributed by atoms with van der Waals surface area (Å²) in [5, 5.41) is 8.19. The maximum Gasteiger partial charge on any atom is 0.0596 e. The Bertz CT molecular complexity index is 380. The van der Waals surface area contributed by atoms with Crippen molar-refractivity contribution < 1.29 is 0 Å². The van der Waals surface area contributed by atoms with E-state index in [4.69, 9.17) is 0 Å². The van der Waals surface area contributed by atoms with E-state index >= 15 is 0 Å². The van der Waals surface area contributed by atoms with E-state index in [1.807, 2.05) is 0 Å². The van der Waals surface area contributed by atoms with E-state index < -0.39 is 0 Å². The summed E-state index contributed by atoms with van der Waals surface area (Å²) >= 11 is 0. The lowest BCUT2D eigenvalue weighted by molar-refractivity contribution is 0.368. The van der Waals surface area contributed by atoms with Crippen molar-refractivity contribution in [1.82, 2.24) is 15.1 Å². The van der Waals surface area contributed by atoms with Gasteiger partial charge in [-0.1, -0.05) is 27.7 Å². The topological polar surface area (TPSA) is 29.9 Å². The number of rotatable bonds is 9. The second-order valence-electron chi connectivity index (χ2n) is 6.84. The minimum Gasteiger partial charge on any atom is -0.316 e. The van der Waals surface area contributed by atoms with Gasteiger partial charge in [0.15, 0.2) is 0 Å². The highest BCUT2D eigenvalue weighted by atomic mass is 15.3. The molecule has 20 heavy (non-hydrogen) atoms. The Kier molecular flexibility index (Phi) is 7.28. The van der Waals surface area contributed by atoms with Crippen LogP contribution < -0.4 is 5.32 Å². The van der Waals surface area contributed by atoms with E-state index in [-0.39, 0.29) is 0 Å². The molecule has 0 radical (unpaired) electrons. The SMILES string of the molecule is CCn1nc(C)cc1CC(CNCC(C)C)CC(C)C. The molecule has 1 heterocycles. The number of hydrogen-bond acceptors (Lipinski definition) is 2. The van der Waals surface area contributed by atoms with Crippen LogP contribution in [-0.4, -0.2) is 22.9 Å². The molecule has 0 aromatic carbocycles. The van der Waals surface area contributed by atoms with Crippen molar-refractivity contribution in [2.45, 2.75) is 60.9 Å². The summed E-state index contributed by atoms with van der Waals surface area (Å²) in [5.74, 6) is 2.17. The maximum atomic E-state index is 4.57. The molecule has 3 heteroatoms. The minimum atomic E-state index is 0.704. The molecule has 0 aliphatic rings. The largest absolute Gasteiger partial charge is 0.316 e. The first-order valence-corrected chi connectivity index (χ1v) is 8.16. The van der Waals surface area contributed by atoms with Gasteiger partial charge in [-0.2, -0.15) is 5.10 Å². The minimum absolute atomic E-state index is 0.704. The highest BCUT2D eigenvalue weighted by Crippen LogP contribution is 2.18. The monoisotopic (exact) mass is 279 g/mol. The van der Waals surface area contributed by atoms with Gasteiger partial charge >= 0.3 is 0 Å². The average molecular weight is 279 g/mol. The third-order valence-corrected chi connectivity index (χ3v) is 3.57. The van der Waals surface area contributed by atoms with Gasteiger partial charge < -0.3 is 5.32 Å². The standard InChI is InChI=1S/C17H33N3/c1-7-20-17(9-15(6)19-20)10-16(8-13(2)3)12-18-11-14(4)5/h9,13-14,16,18H,7-8,10-12H2,1-6H3. The van der Waals surface area contributed by atoms with Gasteiger partial charge in [0, 0.05) is 12.2 Å². The molecule has 0 saturated carbocycles. The van der Waals surface area contributed by atoms with Crippen LogP contribution in [0.15, 0.2) is 6.07 Å². The Morgan fingerprint density at radius 3 is 2.40 bits per heavy atom. The van der Waals surface area contributed by atoms with Gasteiger partial charge in [-0.15, -0.1) is 0 Å². The fraction of sp³-hybridized carbons (Fsp3) is 0.824. The zero-order valence-electron chi connectivity index (χ0n) is 14.2. The van der Waals surface area contributed by atoms with Crippen LogP contribution in [-0.2, 0) is 13.0 Å². The van der Waals surface area contributed by atoms with Crippen molar-refractivity contribution in [1.29, 1.82) is 0 Å². The first-order valence-electron chi connectivity index (χ1n) is 8.16. The van der Waals surface area contributed by atoms with Crippen LogP contribution in [0.5, 0.6) is 0 Å². The molecule has 1 rings (SSSR count). The summed E-state index contributed by atoms with van der Waals surface area (Å²) in [6.45, 7) is 16.6. The summed E-state index contributed by atoms with van der Waals surface area (Å²) in [6.07, 6.45) is 2.41. The number of hydrogen-bond donors (Lipinski definition) is 1. The highest BCUT2D eigenvalue weighted by molar-refractivity contribution is 5.09. The molecule has 0 saturated heterocycles. The second kappa shape index (κ2) is 8.46. The molecule has 1 aromatic rings. The van der Waals surface area contributed by atoms with Crippen molar-refractivity contribution in [3.05, 3.63) is 17.5 Å². The highest BCUT2D eigenvalue weighted by Gasteiger charge is 2.15. The molecule has 0 fully saturated rings. The lowest BCUT2D eigenvalue weighted by Crippen LogP contribution is -2.29. The van der Waals surface area contributed by atoms with Crippen LogP contribution in [0.1, 0.15) is 52.4 Å². The lowest BCUT2D eigenvalue weighted by atomic mass is 9.92. The predicted octanol–water partition coefficient (Wildman–Crippen LogP) is 3.66. The first kappa shape index (κ1) is 17.2. The average Bonchev–Trinajstić information content (AvgIpc) is 2.68. The van der Waals surface area contributed by atoms with Crippen LogP contribution in [0.25, 0.3) is 0 Å². The summed E-state index contributed by atoms with van der Waals surface area (Å²) in [6, 6.07) is 2.25. The van der Waals surface area contributed by atoms with Gasteiger partial charge in [-0.3, -0.25) is 4.68 Å². The molecular weight excluding hydrogens is 246 g/mol. The normalized spacial score (nSPS) is 13.4. The molecule has 0 spiro atoms. The molecule has 1 atom stereocenters. The Labute approximate surface area is 125 Å². The number of aromatic nitrogens is 2. The van der Waals surface area contributed by atoms with Gasteiger partial charge in [0.1, 0.15) is 0 Å². The summed E-state index contributed by atoms with van der Waals surface area (Å²) < 4.78 is 2.16. The molecule has 0 amide bonds. The zero-order valence-corrected chi connectivity index (χ0v) is 14.2. The molecular formula is C17H33N3. The second-order valence-corrected chi connectivity index (χ2v) is 6.84. The van der Waals surface area contributed by atoms with Gasteiger partial charge in [0.05, 0.1) is 5.69 Å². The maximum absolute atomic E-state index is 4.57. The Morgan fingerprint density at radius 1 is 1.15 bits per heavy atom. The van der Waals surface area contributed by atoms with Crippen molar-refractivity contribution in [3.8, 4) is 0 Å². The molecule has 1 N–H and O–H groups in total. The molecule has 1 aromatic heterocycles. The van der Waals surface area contributed by atoms with E-state index in [0.29, 0.717) is 5.92 Å². The molecule has 116 valence electrons. The van der Waals surface area contributed by atoms with Crippen LogP contribution in [0.3, 0.4) is 0 Å². The fourth-order valence-corrected chi connectivity index (χ4v) is 2.81. The van der Waals surface area contributed by atoms with E-state index in [1.54, 1.807) is 0 Å². The smallest absolute Gasteiger partial charge is 0.0596 e. The number of nitrogens with zero attached hydrogens (tertiary/aromatic N) is 2. The third-order valence-electron chi connectivity index (χ3n) is 3.57.